The predicted molar refractivity (Wildman–Crippen MR) is 73.0 cm³/mol. The van der Waals surface area contributed by atoms with Gasteiger partial charge in [0.05, 0.1) is 4.92 Å². The van der Waals surface area contributed by atoms with Crippen molar-refractivity contribution in [1.82, 2.24) is 9.97 Å². The van der Waals surface area contributed by atoms with E-state index in [-0.39, 0.29) is 5.69 Å². The molecule has 0 spiro atoms. The van der Waals surface area contributed by atoms with Gasteiger partial charge in [0, 0.05) is 12.1 Å². The molecule has 0 aliphatic heterocycles. The first-order valence-corrected chi connectivity index (χ1v) is 5.94. The van der Waals surface area contributed by atoms with E-state index in [4.69, 9.17) is 0 Å². The van der Waals surface area contributed by atoms with Gasteiger partial charge in [0.2, 0.25) is 5.95 Å². The van der Waals surface area contributed by atoms with Gasteiger partial charge in [-0.25, -0.2) is 9.97 Å². The highest BCUT2D eigenvalue weighted by Crippen LogP contribution is 2.28. The Morgan fingerprint density at radius 3 is 2.84 bits per heavy atom. The van der Waals surface area contributed by atoms with Gasteiger partial charge in [-0.2, -0.15) is 0 Å². The molecule has 2 rings (SSSR count). The monoisotopic (exact) mass is 258 g/mol. The Morgan fingerprint density at radius 2 is 2.21 bits per heavy atom. The minimum Gasteiger partial charge on any atom is -0.354 e. The summed E-state index contributed by atoms with van der Waals surface area (Å²) in [5, 5.41) is 14.0. The average molecular weight is 258 g/mol. The average Bonchev–Trinajstić information content (AvgIpc) is 2.39. The van der Waals surface area contributed by atoms with Gasteiger partial charge in [0.25, 0.3) is 0 Å². The number of aromatic nitrogens is 2. The number of rotatable bonds is 4. The zero-order valence-electron chi connectivity index (χ0n) is 10.8. The molecule has 0 aliphatic rings. The summed E-state index contributed by atoms with van der Waals surface area (Å²) in [5.41, 5.74) is 1.98. The van der Waals surface area contributed by atoms with Crippen LogP contribution in [0.5, 0.6) is 0 Å². The molecule has 0 aliphatic carbocycles. The van der Waals surface area contributed by atoms with E-state index in [0.717, 1.165) is 5.56 Å². The van der Waals surface area contributed by atoms with Gasteiger partial charge < -0.3 is 5.32 Å². The van der Waals surface area contributed by atoms with E-state index in [0.29, 0.717) is 23.8 Å². The Morgan fingerprint density at radius 1 is 1.42 bits per heavy atom. The summed E-state index contributed by atoms with van der Waals surface area (Å²) < 4.78 is 0. The molecule has 0 radical (unpaired) electrons. The van der Waals surface area contributed by atoms with Crippen LogP contribution in [0.2, 0.25) is 0 Å². The first-order chi connectivity index (χ1) is 9.11. The third-order valence-corrected chi connectivity index (χ3v) is 2.59. The summed E-state index contributed by atoms with van der Waals surface area (Å²) in [6.07, 6.45) is 1.24. The van der Waals surface area contributed by atoms with E-state index in [9.17, 15) is 10.1 Å². The third-order valence-electron chi connectivity index (χ3n) is 2.59. The molecule has 2 aromatic rings. The first-order valence-electron chi connectivity index (χ1n) is 5.94. The number of benzene rings is 1. The van der Waals surface area contributed by atoms with Crippen LogP contribution in [-0.4, -0.2) is 21.4 Å². The zero-order chi connectivity index (χ0) is 13.8. The van der Waals surface area contributed by atoms with Crippen molar-refractivity contribution in [3.05, 3.63) is 46.1 Å². The molecule has 6 nitrogen and oxygen atoms in total. The number of anilines is 1. The fourth-order valence-corrected chi connectivity index (χ4v) is 1.76. The standard InChI is InChI=1S/C13H14N4O2/c1-3-14-13-15-8-11(17(18)19)12(16-13)10-6-4-5-9(2)7-10/h4-8H,3H2,1-2H3,(H,14,15,16). The lowest BCUT2D eigenvalue weighted by molar-refractivity contribution is -0.384. The molecule has 1 N–H and O–H groups in total. The summed E-state index contributed by atoms with van der Waals surface area (Å²) in [4.78, 5) is 18.8. The lowest BCUT2D eigenvalue weighted by atomic mass is 10.1. The highest BCUT2D eigenvalue weighted by molar-refractivity contribution is 5.70. The minimum absolute atomic E-state index is 0.0905. The Hall–Kier alpha value is -2.50. The molecule has 0 atom stereocenters. The SMILES string of the molecule is CCNc1ncc([N+](=O)[O-])c(-c2cccc(C)c2)n1. The van der Waals surface area contributed by atoms with Crippen molar-refractivity contribution < 1.29 is 4.92 Å². The lowest BCUT2D eigenvalue weighted by Gasteiger charge is -2.06. The van der Waals surface area contributed by atoms with E-state index in [1.54, 1.807) is 6.07 Å². The van der Waals surface area contributed by atoms with Gasteiger partial charge in [-0.3, -0.25) is 10.1 Å². The van der Waals surface area contributed by atoms with Crippen LogP contribution in [0.25, 0.3) is 11.3 Å². The largest absolute Gasteiger partial charge is 0.354 e. The number of nitro groups is 1. The quantitative estimate of drug-likeness (QED) is 0.673. The Kier molecular flexibility index (Phi) is 3.70. The number of aryl methyl sites for hydroxylation is 1. The molecule has 6 heteroatoms. The van der Waals surface area contributed by atoms with Crippen molar-refractivity contribution >= 4 is 11.6 Å². The number of hydrogen-bond acceptors (Lipinski definition) is 5. The highest BCUT2D eigenvalue weighted by atomic mass is 16.6. The second-order valence-corrected chi connectivity index (χ2v) is 4.08. The fourth-order valence-electron chi connectivity index (χ4n) is 1.76. The topological polar surface area (TPSA) is 81.0 Å². The van der Waals surface area contributed by atoms with Gasteiger partial charge in [-0.1, -0.05) is 23.8 Å². The van der Waals surface area contributed by atoms with Crippen molar-refractivity contribution in [2.75, 3.05) is 11.9 Å². The second-order valence-electron chi connectivity index (χ2n) is 4.08. The molecule has 0 amide bonds. The van der Waals surface area contributed by atoms with Gasteiger partial charge in [-0.05, 0) is 19.9 Å². The van der Waals surface area contributed by atoms with Crippen molar-refractivity contribution in [3.63, 3.8) is 0 Å². The zero-order valence-corrected chi connectivity index (χ0v) is 10.8. The van der Waals surface area contributed by atoms with Crippen molar-refractivity contribution in [2.24, 2.45) is 0 Å². The molecule has 0 bridgehead atoms. The van der Waals surface area contributed by atoms with Crippen LogP contribution in [-0.2, 0) is 0 Å². The summed E-state index contributed by atoms with van der Waals surface area (Å²) in [5.74, 6) is 0.393. The Balaban J connectivity index is 2.57. The highest BCUT2D eigenvalue weighted by Gasteiger charge is 2.18. The number of hydrogen-bond donors (Lipinski definition) is 1. The van der Waals surface area contributed by atoms with Crippen molar-refractivity contribution in [1.29, 1.82) is 0 Å². The number of nitrogens with one attached hydrogen (secondary N) is 1. The molecular weight excluding hydrogens is 244 g/mol. The van der Waals surface area contributed by atoms with Crippen LogP contribution < -0.4 is 5.32 Å². The van der Waals surface area contributed by atoms with E-state index < -0.39 is 4.92 Å². The molecule has 1 heterocycles. The van der Waals surface area contributed by atoms with Crippen LogP contribution >= 0.6 is 0 Å². The molecule has 1 aromatic carbocycles. The second kappa shape index (κ2) is 5.43. The summed E-state index contributed by atoms with van der Waals surface area (Å²) in [6, 6.07) is 7.45. The van der Waals surface area contributed by atoms with Crippen LogP contribution in [0.4, 0.5) is 11.6 Å². The van der Waals surface area contributed by atoms with Crippen LogP contribution in [0, 0.1) is 17.0 Å². The van der Waals surface area contributed by atoms with Crippen molar-refractivity contribution in [2.45, 2.75) is 13.8 Å². The molecule has 0 fully saturated rings. The number of nitrogens with zero attached hydrogens (tertiary/aromatic N) is 3. The first kappa shape index (κ1) is 12.9. The summed E-state index contributed by atoms with van der Waals surface area (Å²) >= 11 is 0. The minimum atomic E-state index is -0.465. The van der Waals surface area contributed by atoms with E-state index >= 15 is 0 Å². The van der Waals surface area contributed by atoms with E-state index in [1.807, 2.05) is 32.0 Å². The molecule has 1 aromatic heterocycles. The maximum Gasteiger partial charge on any atom is 0.313 e. The normalized spacial score (nSPS) is 10.2. The molecule has 0 unspecified atom stereocenters. The third kappa shape index (κ3) is 2.85. The maximum absolute atomic E-state index is 11.1. The van der Waals surface area contributed by atoms with Gasteiger partial charge in [-0.15, -0.1) is 0 Å². The Labute approximate surface area is 110 Å². The molecule has 98 valence electrons. The van der Waals surface area contributed by atoms with Crippen LogP contribution in [0.15, 0.2) is 30.5 Å². The molecule has 19 heavy (non-hydrogen) atoms. The lowest BCUT2D eigenvalue weighted by Crippen LogP contribution is -2.04. The fraction of sp³-hybridized carbons (Fsp3) is 0.231. The van der Waals surface area contributed by atoms with Crippen molar-refractivity contribution in [3.8, 4) is 11.3 Å². The Bertz CT molecular complexity index is 613. The summed E-state index contributed by atoms with van der Waals surface area (Å²) in [7, 11) is 0. The van der Waals surface area contributed by atoms with Gasteiger partial charge in [0.15, 0.2) is 5.69 Å². The van der Waals surface area contributed by atoms with E-state index in [2.05, 4.69) is 15.3 Å². The maximum atomic E-state index is 11.1. The summed E-state index contributed by atoms with van der Waals surface area (Å²) in [6.45, 7) is 4.50. The van der Waals surface area contributed by atoms with Gasteiger partial charge >= 0.3 is 5.69 Å². The molecule has 0 saturated heterocycles. The predicted octanol–water partition coefficient (Wildman–Crippen LogP) is 2.79. The van der Waals surface area contributed by atoms with Gasteiger partial charge in [0.1, 0.15) is 6.20 Å². The molecular formula is C13H14N4O2. The van der Waals surface area contributed by atoms with E-state index in [1.165, 1.54) is 6.20 Å². The van der Waals surface area contributed by atoms with Crippen LogP contribution in [0.3, 0.4) is 0 Å². The smallest absolute Gasteiger partial charge is 0.313 e. The molecule has 0 saturated carbocycles. The van der Waals surface area contributed by atoms with Crippen LogP contribution in [0.1, 0.15) is 12.5 Å².